The first-order chi connectivity index (χ1) is 8.72. The van der Waals surface area contributed by atoms with Crippen LogP contribution in [-0.4, -0.2) is 38.6 Å². The molecular weight excluding hydrogens is 232 g/mol. The Kier molecular flexibility index (Phi) is 7.41. The maximum absolute atomic E-state index is 11.6. The van der Waals surface area contributed by atoms with Gasteiger partial charge in [0, 0.05) is 19.4 Å². The zero-order valence-corrected chi connectivity index (χ0v) is 11.2. The quantitative estimate of drug-likeness (QED) is 0.523. The molecule has 5 nitrogen and oxygen atoms in total. The molecule has 0 unspecified atom stereocenters. The van der Waals surface area contributed by atoms with E-state index in [1.807, 2.05) is 0 Å². The molecule has 0 radical (unpaired) electrons. The average Bonchev–Trinajstić information content (AvgIpc) is 2.42. The van der Waals surface area contributed by atoms with Crippen LogP contribution in [-0.2, 0) is 14.3 Å². The molecule has 0 aromatic carbocycles. The number of carbonyl (C=O) groups is 2. The minimum absolute atomic E-state index is 0.0957. The largest absolute Gasteiger partial charge is 0.469 e. The molecule has 1 fully saturated rings. The molecule has 1 saturated heterocycles. The summed E-state index contributed by atoms with van der Waals surface area (Å²) in [6.45, 7) is 2.71. The highest BCUT2D eigenvalue weighted by atomic mass is 16.5. The molecule has 104 valence electrons. The van der Waals surface area contributed by atoms with E-state index in [0.717, 1.165) is 19.5 Å². The first kappa shape index (κ1) is 15.0. The second kappa shape index (κ2) is 8.91. The Balaban J connectivity index is 1.98. The third kappa shape index (κ3) is 6.59. The predicted octanol–water partition coefficient (Wildman–Crippen LogP) is 0.836. The summed E-state index contributed by atoms with van der Waals surface area (Å²) in [5.74, 6) is 0.560. The van der Waals surface area contributed by atoms with Gasteiger partial charge in [-0.25, -0.2) is 0 Å². The van der Waals surface area contributed by atoms with Crippen molar-refractivity contribution in [2.45, 2.75) is 38.5 Å². The molecule has 1 aliphatic heterocycles. The van der Waals surface area contributed by atoms with Gasteiger partial charge in [0.25, 0.3) is 0 Å². The topological polar surface area (TPSA) is 67.4 Å². The molecular formula is C13H24N2O3. The second-order valence-electron chi connectivity index (χ2n) is 4.76. The van der Waals surface area contributed by atoms with Crippen LogP contribution in [0.2, 0.25) is 0 Å². The zero-order chi connectivity index (χ0) is 13.2. The van der Waals surface area contributed by atoms with Crippen LogP contribution in [0.5, 0.6) is 0 Å². The maximum Gasteiger partial charge on any atom is 0.305 e. The predicted molar refractivity (Wildman–Crippen MR) is 69.1 cm³/mol. The van der Waals surface area contributed by atoms with E-state index in [1.165, 1.54) is 20.0 Å². The molecule has 0 spiro atoms. The van der Waals surface area contributed by atoms with E-state index in [2.05, 4.69) is 15.4 Å². The lowest BCUT2D eigenvalue weighted by Crippen LogP contribution is -2.29. The Morgan fingerprint density at radius 3 is 2.67 bits per heavy atom. The van der Waals surface area contributed by atoms with Crippen LogP contribution in [0.1, 0.15) is 38.5 Å². The summed E-state index contributed by atoms with van der Waals surface area (Å²) in [6.07, 6.45) is 4.94. The number of hydrogen-bond acceptors (Lipinski definition) is 4. The fourth-order valence-corrected chi connectivity index (χ4v) is 2.16. The van der Waals surface area contributed by atoms with Crippen LogP contribution >= 0.6 is 0 Å². The highest BCUT2D eigenvalue weighted by Gasteiger charge is 2.14. The Morgan fingerprint density at radius 2 is 2.00 bits per heavy atom. The highest BCUT2D eigenvalue weighted by molar-refractivity contribution is 5.76. The molecule has 1 rings (SSSR count). The van der Waals surface area contributed by atoms with Crippen LogP contribution < -0.4 is 10.6 Å². The van der Waals surface area contributed by atoms with Crippen LogP contribution in [0.4, 0.5) is 0 Å². The molecule has 2 N–H and O–H groups in total. The van der Waals surface area contributed by atoms with E-state index in [1.54, 1.807) is 0 Å². The summed E-state index contributed by atoms with van der Waals surface area (Å²) in [4.78, 5) is 22.4. The maximum atomic E-state index is 11.6. The van der Waals surface area contributed by atoms with Crippen molar-refractivity contribution >= 4 is 11.9 Å². The molecule has 0 aromatic heterocycles. The fourth-order valence-electron chi connectivity index (χ4n) is 2.16. The number of esters is 1. The smallest absolute Gasteiger partial charge is 0.305 e. The molecule has 0 atom stereocenters. The number of methoxy groups -OCH3 is 1. The molecule has 18 heavy (non-hydrogen) atoms. The van der Waals surface area contributed by atoms with Gasteiger partial charge in [-0.2, -0.15) is 0 Å². The first-order valence-corrected chi connectivity index (χ1v) is 6.76. The van der Waals surface area contributed by atoms with Gasteiger partial charge in [-0.05, 0) is 44.7 Å². The Bertz CT molecular complexity index is 263. The number of carbonyl (C=O) groups excluding carboxylic acids is 2. The summed E-state index contributed by atoms with van der Waals surface area (Å²) in [5.41, 5.74) is 0. The van der Waals surface area contributed by atoms with Crippen molar-refractivity contribution in [2.75, 3.05) is 26.7 Å². The first-order valence-electron chi connectivity index (χ1n) is 6.76. The minimum Gasteiger partial charge on any atom is -0.469 e. The number of nitrogens with one attached hydrogen (secondary N) is 2. The highest BCUT2D eigenvalue weighted by Crippen LogP contribution is 2.17. The van der Waals surface area contributed by atoms with E-state index in [0.29, 0.717) is 31.7 Å². The lowest BCUT2D eigenvalue weighted by atomic mass is 9.93. The van der Waals surface area contributed by atoms with Crippen molar-refractivity contribution in [1.29, 1.82) is 0 Å². The van der Waals surface area contributed by atoms with E-state index in [-0.39, 0.29) is 11.9 Å². The van der Waals surface area contributed by atoms with Gasteiger partial charge in [-0.3, -0.25) is 9.59 Å². The SMILES string of the molecule is COC(=O)CCCNC(=O)CCC1CCNCC1. The monoisotopic (exact) mass is 256 g/mol. The molecule has 0 aromatic rings. The number of piperidine rings is 1. The van der Waals surface area contributed by atoms with Crippen LogP contribution in [0.3, 0.4) is 0 Å². The number of hydrogen-bond donors (Lipinski definition) is 2. The van der Waals surface area contributed by atoms with E-state index in [9.17, 15) is 9.59 Å². The van der Waals surface area contributed by atoms with Gasteiger partial charge in [-0.15, -0.1) is 0 Å². The Morgan fingerprint density at radius 1 is 1.28 bits per heavy atom. The van der Waals surface area contributed by atoms with Gasteiger partial charge in [0.1, 0.15) is 0 Å². The summed E-state index contributed by atoms with van der Waals surface area (Å²) in [7, 11) is 1.37. The third-order valence-electron chi connectivity index (χ3n) is 3.35. The molecule has 1 aliphatic rings. The Labute approximate surface area is 109 Å². The van der Waals surface area contributed by atoms with Crippen molar-refractivity contribution in [1.82, 2.24) is 10.6 Å². The Hall–Kier alpha value is -1.10. The molecule has 0 saturated carbocycles. The van der Waals surface area contributed by atoms with Gasteiger partial charge in [0.05, 0.1) is 7.11 Å². The van der Waals surface area contributed by atoms with E-state index in [4.69, 9.17) is 0 Å². The summed E-state index contributed by atoms with van der Waals surface area (Å²) < 4.78 is 4.53. The van der Waals surface area contributed by atoms with Gasteiger partial charge in [0.15, 0.2) is 0 Å². The molecule has 0 aliphatic carbocycles. The van der Waals surface area contributed by atoms with Crippen LogP contribution in [0.15, 0.2) is 0 Å². The molecule has 0 bridgehead atoms. The average molecular weight is 256 g/mol. The van der Waals surface area contributed by atoms with Crippen molar-refractivity contribution in [3.8, 4) is 0 Å². The van der Waals surface area contributed by atoms with Crippen molar-refractivity contribution < 1.29 is 14.3 Å². The fraction of sp³-hybridized carbons (Fsp3) is 0.846. The van der Waals surface area contributed by atoms with E-state index >= 15 is 0 Å². The number of ether oxygens (including phenoxy) is 1. The summed E-state index contributed by atoms with van der Waals surface area (Å²) in [6, 6.07) is 0. The number of amides is 1. The lowest BCUT2D eigenvalue weighted by molar-refractivity contribution is -0.140. The van der Waals surface area contributed by atoms with Gasteiger partial charge >= 0.3 is 5.97 Å². The minimum atomic E-state index is -0.223. The molecule has 5 heteroatoms. The summed E-state index contributed by atoms with van der Waals surface area (Å²) in [5, 5.41) is 6.16. The van der Waals surface area contributed by atoms with Gasteiger partial charge < -0.3 is 15.4 Å². The summed E-state index contributed by atoms with van der Waals surface area (Å²) >= 11 is 0. The van der Waals surface area contributed by atoms with Crippen LogP contribution in [0.25, 0.3) is 0 Å². The second-order valence-corrected chi connectivity index (χ2v) is 4.76. The zero-order valence-electron chi connectivity index (χ0n) is 11.2. The van der Waals surface area contributed by atoms with Gasteiger partial charge in [0.2, 0.25) is 5.91 Å². The van der Waals surface area contributed by atoms with Crippen LogP contribution in [0, 0.1) is 5.92 Å². The van der Waals surface area contributed by atoms with Gasteiger partial charge in [-0.1, -0.05) is 0 Å². The molecule has 1 amide bonds. The number of rotatable bonds is 7. The standard InChI is InChI=1S/C13H24N2O3/c1-18-13(17)3-2-8-15-12(16)5-4-11-6-9-14-10-7-11/h11,14H,2-10H2,1H3,(H,15,16). The lowest BCUT2D eigenvalue weighted by Gasteiger charge is -2.22. The van der Waals surface area contributed by atoms with Crippen molar-refractivity contribution in [2.24, 2.45) is 5.92 Å². The van der Waals surface area contributed by atoms with Crippen molar-refractivity contribution in [3.05, 3.63) is 0 Å². The molecule has 1 heterocycles. The normalized spacial score (nSPS) is 16.3. The van der Waals surface area contributed by atoms with E-state index < -0.39 is 0 Å². The van der Waals surface area contributed by atoms with Crippen molar-refractivity contribution in [3.63, 3.8) is 0 Å². The third-order valence-corrected chi connectivity index (χ3v) is 3.35.